The molecule has 3 aromatic rings. The maximum Gasteiger partial charge on any atom is 0.355 e. The van der Waals surface area contributed by atoms with Crippen molar-refractivity contribution in [2.24, 2.45) is 7.05 Å². The highest BCUT2D eigenvalue weighted by Crippen LogP contribution is 2.44. The van der Waals surface area contributed by atoms with Gasteiger partial charge >= 0.3 is 5.97 Å². The van der Waals surface area contributed by atoms with Crippen molar-refractivity contribution in [3.8, 4) is 28.1 Å². The maximum absolute atomic E-state index is 12.5. The zero-order valence-electron chi connectivity index (χ0n) is 13.6. The van der Waals surface area contributed by atoms with Gasteiger partial charge in [-0.05, 0) is 17.7 Å². The molecule has 4 heteroatoms. The predicted molar refractivity (Wildman–Crippen MR) is 92.0 cm³/mol. The minimum Gasteiger partial charge on any atom is -0.488 e. The topological polar surface area (TPSA) is 40.5 Å². The molecule has 0 atom stereocenters. The second-order valence-electron chi connectivity index (χ2n) is 5.75. The van der Waals surface area contributed by atoms with E-state index in [2.05, 4.69) is 0 Å². The van der Waals surface area contributed by atoms with Crippen LogP contribution < -0.4 is 4.74 Å². The van der Waals surface area contributed by atoms with Gasteiger partial charge in [-0.25, -0.2) is 4.79 Å². The van der Waals surface area contributed by atoms with E-state index in [0.717, 1.165) is 33.7 Å². The van der Waals surface area contributed by atoms with Crippen LogP contribution >= 0.6 is 0 Å². The molecule has 4 rings (SSSR count). The van der Waals surface area contributed by atoms with Gasteiger partial charge in [0.25, 0.3) is 0 Å². The highest BCUT2D eigenvalue weighted by atomic mass is 16.5. The zero-order chi connectivity index (χ0) is 16.7. The Labute approximate surface area is 140 Å². The van der Waals surface area contributed by atoms with Crippen LogP contribution in [-0.2, 0) is 18.4 Å². The van der Waals surface area contributed by atoms with Gasteiger partial charge in [0.05, 0.1) is 12.8 Å². The maximum atomic E-state index is 12.5. The van der Waals surface area contributed by atoms with E-state index in [4.69, 9.17) is 9.47 Å². The average Bonchev–Trinajstić information content (AvgIpc) is 2.95. The van der Waals surface area contributed by atoms with E-state index in [1.54, 1.807) is 0 Å². The van der Waals surface area contributed by atoms with Crippen molar-refractivity contribution in [1.29, 1.82) is 0 Å². The first-order valence-electron chi connectivity index (χ1n) is 7.80. The fourth-order valence-electron chi connectivity index (χ4n) is 3.42. The number of hydrogen-bond acceptors (Lipinski definition) is 3. The first-order valence-corrected chi connectivity index (χ1v) is 7.80. The normalized spacial score (nSPS) is 12.1. The molecule has 120 valence electrons. The summed E-state index contributed by atoms with van der Waals surface area (Å²) in [4.78, 5) is 12.5. The van der Waals surface area contributed by atoms with Gasteiger partial charge in [-0.15, -0.1) is 0 Å². The number of carbonyl (C=O) groups is 1. The SMILES string of the molecule is COC(=O)c1c(-c2ccccc2)c2c(n1C)-c1ccccc1OC2. The summed E-state index contributed by atoms with van der Waals surface area (Å²) in [6, 6.07) is 17.8. The molecule has 1 aliphatic rings. The summed E-state index contributed by atoms with van der Waals surface area (Å²) in [6.07, 6.45) is 0. The van der Waals surface area contributed by atoms with Crippen LogP contribution in [-0.4, -0.2) is 17.6 Å². The van der Waals surface area contributed by atoms with Crippen molar-refractivity contribution in [1.82, 2.24) is 4.57 Å². The van der Waals surface area contributed by atoms with Crippen LogP contribution in [0.5, 0.6) is 5.75 Å². The quantitative estimate of drug-likeness (QED) is 0.669. The van der Waals surface area contributed by atoms with Gasteiger partial charge in [0.15, 0.2) is 0 Å². The number of ether oxygens (including phenoxy) is 2. The molecule has 0 aliphatic carbocycles. The standard InChI is InChI=1S/C20H17NO3/c1-21-18-14-10-6-7-11-16(14)24-12-15(18)17(19(21)20(22)23-2)13-8-4-3-5-9-13/h3-11H,12H2,1-2H3. The number of benzene rings is 2. The number of aromatic nitrogens is 1. The number of carbonyl (C=O) groups excluding carboxylic acids is 1. The van der Waals surface area contributed by atoms with Crippen LogP contribution in [0, 0.1) is 0 Å². The Hall–Kier alpha value is -3.01. The number of methoxy groups -OCH3 is 1. The van der Waals surface area contributed by atoms with Crippen molar-refractivity contribution >= 4 is 5.97 Å². The Balaban J connectivity index is 2.07. The van der Waals surface area contributed by atoms with Gasteiger partial charge in [0.2, 0.25) is 0 Å². The first kappa shape index (κ1) is 14.6. The number of nitrogens with zero attached hydrogens (tertiary/aromatic N) is 1. The summed E-state index contributed by atoms with van der Waals surface area (Å²) in [5, 5.41) is 0. The summed E-state index contributed by atoms with van der Waals surface area (Å²) < 4.78 is 12.9. The number of hydrogen-bond donors (Lipinski definition) is 0. The van der Waals surface area contributed by atoms with Crippen molar-refractivity contribution in [2.45, 2.75) is 6.61 Å². The molecule has 0 fully saturated rings. The molecule has 0 saturated heterocycles. The highest BCUT2D eigenvalue weighted by molar-refractivity contribution is 6.00. The van der Waals surface area contributed by atoms with Crippen molar-refractivity contribution in [3.05, 3.63) is 65.9 Å². The summed E-state index contributed by atoms with van der Waals surface area (Å²) in [7, 11) is 3.31. The van der Waals surface area contributed by atoms with Crippen LogP contribution in [0.4, 0.5) is 0 Å². The number of rotatable bonds is 2. The molecule has 0 N–H and O–H groups in total. The second-order valence-corrected chi connectivity index (χ2v) is 5.75. The first-order chi connectivity index (χ1) is 11.7. The third kappa shape index (κ3) is 2.03. The van der Waals surface area contributed by atoms with E-state index in [1.807, 2.05) is 66.2 Å². The molecule has 0 bridgehead atoms. The van der Waals surface area contributed by atoms with Crippen LogP contribution in [0.25, 0.3) is 22.4 Å². The Bertz CT molecular complexity index is 926. The summed E-state index contributed by atoms with van der Waals surface area (Å²) >= 11 is 0. The molecule has 0 radical (unpaired) electrons. The zero-order valence-corrected chi connectivity index (χ0v) is 13.6. The van der Waals surface area contributed by atoms with Crippen molar-refractivity contribution in [2.75, 3.05) is 7.11 Å². The molecule has 1 aromatic heterocycles. The van der Waals surface area contributed by atoms with E-state index < -0.39 is 0 Å². The third-order valence-electron chi connectivity index (χ3n) is 4.45. The van der Waals surface area contributed by atoms with Gasteiger partial charge in [-0.3, -0.25) is 0 Å². The lowest BCUT2D eigenvalue weighted by molar-refractivity contribution is 0.0591. The lowest BCUT2D eigenvalue weighted by atomic mass is 9.96. The fraction of sp³-hybridized carbons (Fsp3) is 0.150. The molecule has 1 aliphatic heterocycles. The molecule has 4 nitrogen and oxygen atoms in total. The van der Waals surface area contributed by atoms with E-state index >= 15 is 0 Å². The van der Waals surface area contributed by atoms with Gasteiger partial charge in [-0.1, -0.05) is 42.5 Å². The van der Waals surface area contributed by atoms with Gasteiger partial charge < -0.3 is 14.0 Å². The van der Waals surface area contributed by atoms with Crippen LogP contribution in [0.2, 0.25) is 0 Å². The van der Waals surface area contributed by atoms with Crippen LogP contribution in [0.15, 0.2) is 54.6 Å². The largest absolute Gasteiger partial charge is 0.488 e. The summed E-state index contributed by atoms with van der Waals surface area (Å²) in [5.74, 6) is 0.491. The molecule has 0 amide bonds. The number of fused-ring (bicyclic) bond motifs is 3. The highest BCUT2D eigenvalue weighted by Gasteiger charge is 2.31. The van der Waals surface area contributed by atoms with Gasteiger partial charge in [0, 0.05) is 23.7 Å². The molecule has 0 spiro atoms. The van der Waals surface area contributed by atoms with E-state index in [-0.39, 0.29) is 5.97 Å². The molecular formula is C20H17NO3. The number of para-hydroxylation sites is 1. The smallest absolute Gasteiger partial charge is 0.355 e. The monoisotopic (exact) mass is 319 g/mol. The summed E-state index contributed by atoms with van der Waals surface area (Å²) in [5.41, 5.74) is 5.44. The minimum atomic E-state index is -0.344. The lowest BCUT2D eigenvalue weighted by Gasteiger charge is -2.19. The van der Waals surface area contributed by atoms with E-state index in [9.17, 15) is 4.79 Å². The van der Waals surface area contributed by atoms with Gasteiger partial charge in [0.1, 0.15) is 18.1 Å². The van der Waals surface area contributed by atoms with Gasteiger partial charge in [-0.2, -0.15) is 0 Å². The Morgan fingerprint density at radius 3 is 2.54 bits per heavy atom. The van der Waals surface area contributed by atoms with Crippen molar-refractivity contribution in [3.63, 3.8) is 0 Å². The Kier molecular flexibility index (Phi) is 3.38. The molecule has 24 heavy (non-hydrogen) atoms. The number of esters is 1. The minimum absolute atomic E-state index is 0.344. The molecule has 2 aromatic carbocycles. The summed E-state index contributed by atoms with van der Waals surface area (Å²) in [6.45, 7) is 0.432. The Morgan fingerprint density at radius 2 is 1.79 bits per heavy atom. The molecule has 2 heterocycles. The fourth-order valence-corrected chi connectivity index (χ4v) is 3.42. The van der Waals surface area contributed by atoms with Crippen molar-refractivity contribution < 1.29 is 14.3 Å². The molecule has 0 unspecified atom stereocenters. The van der Waals surface area contributed by atoms with E-state index in [0.29, 0.717) is 12.3 Å². The molecule has 0 saturated carbocycles. The Morgan fingerprint density at radius 1 is 1.08 bits per heavy atom. The predicted octanol–water partition coefficient (Wildman–Crippen LogP) is 4.04. The second kappa shape index (κ2) is 5.57. The lowest BCUT2D eigenvalue weighted by Crippen LogP contribution is -2.10. The van der Waals surface area contributed by atoms with Crippen LogP contribution in [0.1, 0.15) is 16.1 Å². The van der Waals surface area contributed by atoms with Crippen LogP contribution in [0.3, 0.4) is 0 Å². The third-order valence-corrected chi connectivity index (χ3v) is 4.45. The average molecular weight is 319 g/mol. The van der Waals surface area contributed by atoms with E-state index in [1.165, 1.54) is 7.11 Å². The molecular weight excluding hydrogens is 302 g/mol.